The molecular formula is C23H23N5O2. The van der Waals surface area contributed by atoms with Gasteiger partial charge in [0.15, 0.2) is 11.7 Å². The van der Waals surface area contributed by atoms with Gasteiger partial charge in [-0.1, -0.05) is 42.5 Å². The van der Waals surface area contributed by atoms with Crippen LogP contribution in [0.3, 0.4) is 0 Å². The number of esters is 1. The van der Waals surface area contributed by atoms with E-state index in [0.29, 0.717) is 17.0 Å². The molecule has 1 aliphatic heterocycles. The van der Waals surface area contributed by atoms with E-state index in [1.807, 2.05) is 36.4 Å². The lowest BCUT2D eigenvalue weighted by Crippen LogP contribution is -2.46. The van der Waals surface area contributed by atoms with Crippen LogP contribution in [0.4, 0.5) is 5.82 Å². The van der Waals surface area contributed by atoms with Gasteiger partial charge >= 0.3 is 5.97 Å². The first-order valence-electron chi connectivity index (χ1n) is 9.95. The number of ether oxygens (including phenoxy) is 1. The molecular weight excluding hydrogens is 378 g/mol. The van der Waals surface area contributed by atoms with Crippen LogP contribution in [0.1, 0.15) is 17.2 Å². The summed E-state index contributed by atoms with van der Waals surface area (Å²) >= 11 is 0. The highest BCUT2D eigenvalue weighted by atomic mass is 16.5. The summed E-state index contributed by atoms with van der Waals surface area (Å²) in [6.07, 6.45) is 0. The molecule has 4 rings (SSSR count). The second-order valence-electron chi connectivity index (χ2n) is 7.26. The van der Waals surface area contributed by atoms with E-state index in [0.717, 1.165) is 38.2 Å². The number of rotatable bonds is 5. The summed E-state index contributed by atoms with van der Waals surface area (Å²) in [6, 6.07) is 19.9. The van der Waals surface area contributed by atoms with Crippen molar-refractivity contribution in [3.63, 3.8) is 0 Å². The third-order valence-corrected chi connectivity index (χ3v) is 5.34. The van der Waals surface area contributed by atoms with Crippen LogP contribution in [-0.2, 0) is 16.1 Å². The van der Waals surface area contributed by atoms with Gasteiger partial charge in [-0.2, -0.15) is 5.26 Å². The predicted molar refractivity (Wildman–Crippen MR) is 114 cm³/mol. The lowest BCUT2D eigenvalue weighted by molar-refractivity contribution is -0.141. The van der Waals surface area contributed by atoms with E-state index in [2.05, 4.69) is 39.0 Å². The minimum absolute atomic E-state index is 0.361. The fourth-order valence-electron chi connectivity index (χ4n) is 3.73. The van der Waals surface area contributed by atoms with E-state index in [9.17, 15) is 10.1 Å². The van der Waals surface area contributed by atoms with Crippen molar-refractivity contribution in [2.45, 2.75) is 12.5 Å². The summed E-state index contributed by atoms with van der Waals surface area (Å²) in [7, 11) is 1.28. The van der Waals surface area contributed by atoms with Gasteiger partial charge in [-0.25, -0.2) is 9.97 Å². The number of hydrogen-bond acceptors (Lipinski definition) is 7. The van der Waals surface area contributed by atoms with Crippen LogP contribution in [0.2, 0.25) is 0 Å². The van der Waals surface area contributed by atoms with Crippen LogP contribution in [0.25, 0.3) is 11.0 Å². The molecule has 0 radical (unpaired) electrons. The molecule has 7 nitrogen and oxygen atoms in total. The Kier molecular flexibility index (Phi) is 5.87. The first-order chi connectivity index (χ1) is 14.7. The number of carbonyl (C=O) groups is 1. The van der Waals surface area contributed by atoms with Crippen molar-refractivity contribution in [2.24, 2.45) is 0 Å². The minimum atomic E-state index is -1.11. The third kappa shape index (κ3) is 4.09. The van der Waals surface area contributed by atoms with Gasteiger partial charge in [0, 0.05) is 32.7 Å². The average Bonchev–Trinajstić information content (AvgIpc) is 2.80. The van der Waals surface area contributed by atoms with Gasteiger partial charge in [-0.05, 0) is 17.7 Å². The summed E-state index contributed by atoms with van der Waals surface area (Å²) in [4.78, 5) is 26.2. The molecule has 2 aromatic carbocycles. The maximum Gasteiger partial charge on any atom is 0.329 e. The molecule has 3 aromatic rings. The standard InChI is InChI=1S/C23H23N5O2/c1-30-23(29)18(15-24)21-22(26-20-10-6-5-9-19(20)25-21)28-13-11-27(12-14-28)16-17-7-3-2-4-8-17/h2-10,18H,11-14,16H2,1H3/t18-/m1/s1. The second kappa shape index (κ2) is 8.89. The van der Waals surface area contributed by atoms with Crippen LogP contribution in [-0.4, -0.2) is 54.1 Å². The molecule has 0 aliphatic carbocycles. The monoisotopic (exact) mass is 401 g/mol. The first kappa shape index (κ1) is 19.8. The number of nitrogens with zero attached hydrogens (tertiary/aromatic N) is 5. The van der Waals surface area contributed by atoms with Crippen LogP contribution in [0.15, 0.2) is 54.6 Å². The van der Waals surface area contributed by atoms with Gasteiger partial charge in [0.05, 0.1) is 24.2 Å². The van der Waals surface area contributed by atoms with Crippen molar-refractivity contribution in [2.75, 3.05) is 38.2 Å². The Morgan fingerprint density at radius 2 is 1.67 bits per heavy atom. The fourth-order valence-corrected chi connectivity index (χ4v) is 3.73. The van der Waals surface area contributed by atoms with Crippen LogP contribution < -0.4 is 4.90 Å². The number of anilines is 1. The van der Waals surface area contributed by atoms with Crippen LogP contribution in [0.5, 0.6) is 0 Å². The smallest absolute Gasteiger partial charge is 0.329 e. The number of carbonyl (C=O) groups excluding carboxylic acids is 1. The van der Waals surface area contributed by atoms with Gasteiger partial charge in [-0.3, -0.25) is 9.69 Å². The Hall–Kier alpha value is -3.50. The fraction of sp³-hybridized carbons (Fsp3) is 0.304. The average molecular weight is 401 g/mol. The molecule has 0 N–H and O–H groups in total. The third-order valence-electron chi connectivity index (χ3n) is 5.34. The van der Waals surface area contributed by atoms with E-state index in [1.54, 1.807) is 0 Å². The van der Waals surface area contributed by atoms with Gasteiger partial charge < -0.3 is 9.64 Å². The largest absolute Gasteiger partial charge is 0.468 e. The summed E-state index contributed by atoms with van der Waals surface area (Å²) in [6.45, 7) is 4.10. The lowest BCUT2D eigenvalue weighted by atomic mass is 10.1. The van der Waals surface area contributed by atoms with Gasteiger partial charge in [0.2, 0.25) is 0 Å². The number of para-hydroxylation sites is 2. The van der Waals surface area contributed by atoms with E-state index in [1.165, 1.54) is 12.7 Å². The maximum atomic E-state index is 12.2. The molecule has 0 amide bonds. The number of methoxy groups -OCH3 is 1. The highest BCUT2D eigenvalue weighted by Crippen LogP contribution is 2.28. The molecule has 1 aromatic heterocycles. The molecule has 2 heterocycles. The number of nitriles is 1. The van der Waals surface area contributed by atoms with E-state index >= 15 is 0 Å². The Bertz CT molecular complexity index is 1070. The number of aromatic nitrogens is 2. The number of piperazine rings is 1. The molecule has 1 aliphatic rings. The van der Waals surface area contributed by atoms with Crippen molar-refractivity contribution >= 4 is 22.8 Å². The Balaban J connectivity index is 1.61. The van der Waals surface area contributed by atoms with Gasteiger partial charge in [0.1, 0.15) is 5.69 Å². The van der Waals surface area contributed by atoms with E-state index in [4.69, 9.17) is 9.72 Å². The quantitative estimate of drug-likeness (QED) is 0.608. The highest BCUT2D eigenvalue weighted by Gasteiger charge is 2.30. The first-order valence-corrected chi connectivity index (χ1v) is 9.95. The van der Waals surface area contributed by atoms with E-state index < -0.39 is 11.9 Å². The number of hydrogen-bond donors (Lipinski definition) is 0. The van der Waals surface area contributed by atoms with Crippen molar-refractivity contribution in [3.05, 3.63) is 65.9 Å². The SMILES string of the molecule is COC(=O)[C@H](C#N)c1nc2ccccc2nc1N1CCN(Cc2ccccc2)CC1. The molecule has 0 spiro atoms. The molecule has 1 fully saturated rings. The molecule has 152 valence electrons. The van der Waals surface area contributed by atoms with Crippen molar-refractivity contribution in [3.8, 4) is 6.07 Å². The molecule has 30 heavy (non-hydrogen) atoms. The molecule has 0 bridgehead atoms. The highest BCUT2D eigenvalue weighted by molar-refractivity contribution is 5.85. The predicted octanol–water partition coefficient (Wildman–Crippen LogP) is 2.73. The molecule has 0 saturated carbocycles. The number of fused-ring (bicyclic) bond motifs is 1. The van der Waals surface area contributed by atoms with Crippen LogP contribution >= 0.6 is 0 Å². The molecule has 1 saturated heterocycles. The number of benzene rings is 2. The van der Waals surface area contributed by atoms with Crippen molar-refractivity contribution in [1.82, 2.24) is 14.9 Å². The second-order valence-corrected chi connectivity index (χ2v) is 7.26. The Morgan fingerprint density at radius 3 is 2.30 bits per heavy atom. The van der Waals surface area contributed by atoms with E-state index in [-0.39, 0.29) is 0 Å². The van der Waals surface area contributed by atoms with Crippen LogP contribution in [0, 0.1) is 11.3 Å². The Morgan fingerprint density at radius 1 is 1.03 bits per heavy atom. The molecule has 0 unspecified atom stereocenters. The topological polar surface area (TPSA) is 82.3 Å². The zero-order valence-corrected chi connectivity index (χ0v) is 16.9. The normalized spacial score (nSPS) is 15.5. The summed E-state index contributed by atoms with van der Waals surface area (Å²) in [5.41, 5.74) is 3.04. The zero-order chi connectivity index (χ0) is 20.9. The Labute approximate surface area is 175 Å². The van der Waals surface area contributed by atoms with Gasteiger partial charge in [0.25, 0.3) is 0 Å². The maximum absolute atomic E-state index is 12.2. The molecule has 7 heteroatoms. The summed E-state index contributed by atoms with van der Waals surface area (Å²) in [5, 5.41) is 9.64. The molecule has 1 atom stereocenters. The zero-order valence-electron chi connectivity index (χ0n) is 16.9. The lowest BCUT2D eigenvalue weighted by Gasteiger charge is -2.36. The van der Waals surface area contributed by atoms with Gasteiger partial charge in [-0.15, -0.1) is 0 Å². The van der Waals surface area contributed by atoms with Crippen molar-refractivity contribution < 1.29 is 9.53 Å². The summed E-state index contributed by atoms with van der Waals surface area (Å²) < 4.78 is 4.84. The minimum Gasteiger partial charge on any atom is -0.468 e. The van der Waals surface area contributed by atoms with Crippen molar-refractivity contribution in [1.29, 1.82) is 5.26 Å². The summed E-state index contributed by atoms with van der Waals surface area (Å²) in [5.74, 6) is -1.14.